The van der Waals surface area contributed by atoms with Gasteiger partial charge in [0.15, 0.2) is 11.5 Å². The molecule has 14 heavy (non-hydrogen) atoms. The Morgan fingerprint density at radius 2 is 2.00 bits per heavy atom. The second-order valence-electron chi connectivity index (χ2n) is 2.90. The Morgan fingerprint density at radius 1 is 1.36 bits per heavy atom. The largest absolute Gasteiger partial charge is 0.504 e. The first-order chi connectivity index (χ1) is 6.52. The first-order valence-electron chi connectivity index (χ1n) is 4.03. The Bertz CT molecular complexity index is 362. The molecular weight excluding hydrogens is 186 g/mol. The van der Waals surface area contributed by atoms with E-state index >= 15 is 0 Å². The highest BCUT2D eigenvalue weighted by Crippen LogP contribution is 2.33. The third-order valence-corrected chi connectivity index (χ3v) is 1.89. The lowest BCUT2D eigenvalue weighted by Gasteiger charge is -2.07. The summed E-state index contributed by atoms with van der Waals surface area (Å²) in [6, 6.07) is 2.77. The number of aromatic hydroxyl groups is 2. The van der Waals surface area contributed by atoms with Gasteiger partial charge in [-0.15, -0.1) is 0 Å². The third kappa shape index (κ3) is 2.07. The summed E-state index contributed by atoms with van der Waals surface area (Å²) in [5.74, 6) is -1.63. The molecule has 0 aliphatic rings. The molecule has 0 unspecified atom stereocenters. The van der Waals surface area contributed by atoms with Gasteiger partial charge in [0.2, 0.25) is 0 Å². The van der Waals surface area contributed by atoms with Crippen molar-refractivity contribution in [2.75, 3.05) is 5.73 Å². The maximum absolute atomic E-state index is 10.3. The van der Waals surface area contributed by atoms with Crippen LogP contribution in [-0.2, 0) is 11.2 Å². The molecule has 0 saturated heterocycles. The summed E-state index contributed by atoms with van der Waals surface area (Å²) >= 11 is 0. The number of anilines is 1. The molecule has 5 heteroatoms. The SMILES string of the molecule is Nc1c(CCC(=O)O)ccc(O)c1O. The molecule has 5 N–H and O–H groups in total. The molecule has 1 rings (SSSR count). The van der Waals surface area contributed by atoms with Crippen molar-refractivity contribution in [3.05, 3.63) is 17.7 Å². The zero-order chi connectivity index (χ0) is 10.7. The van der Waals surface area contributed by atoms with Gasteiger partial charge in [0.25, 0.3) is 0 Å². The topological polar surface area (TPSA) is 104 Å². The number of nitrogens with two attached hydrogens (primary N) is 1. The Hall–Kier alpha value is -1.91. The normalized spacial score (nSPS) is 10.0. The predicted molar refractivity (Wildman–Crippen MR) is 50.1 cm³/mol. The van der Waals surface area contributed by atoms with Gasteiger partial charge in [-0.1, -0.05) is 6.07 Å². The van der Waals surface area contributed by atoms with E-state index in [4.69, 9.17) is 15.9 Å². The molecule has 1 aromatic carbocycles. The molecule has 0 fully saturated rings. The molecule has 0 radical (unpaired) electrons. The highest BCUT2D eigenvalue weighted by atomic mass is 16.4. The van der Waals surface area contributed by atoms with E-state index in [1.165, 1.54) is 12.1 Å². The smallest absolute Gasteiger partial charge is 0.303 e. The fourth-order valence-corrected chi connectivity index (χ4v) is 1.10. The van der Waals surface area contributed by atoms with Gasteiger partial charge in [0, 0.05) is 6.42 Å². The van der Waals surface area contributed by atoms with Crippen LogP contribution >= 0.6 is 0 Å². The quantitative estimate of drug-likeness (QED) is 0.421. The Kier molecular flexibility index (Phi) is 2.81. The molecule has 0 atom stereocenters. The molecule has 0 aliphatic carbocycles. The van der Waals surface area contributed by atoms with Crippen molar-refractivity contribution in [3.63, 3.8) is 0 Å². The van der Waals surface area contributed by atoms with Crippen molar-refractivity contribution in [1.82, 2.24) is 0 Å². The average molecular weight is 197 g/mol. The Morgan fingerprint density at radius 3 is 2.57 bits per heavy atom. The van der Waals surface area contributed by atoms with Crippen LogP contribution in [-0.4, -0.2) is 21.3 Å². The number of phenolic OH excluding ortho intramolecular Hbond substituents is 2. The third-order valence-electron chi connectivity index (χ3n) is 1.89. The summed E-state index contributed by atoms with van der Waals surface area (Å²) in [4.78, 5) is 10.3. The van der Waals surface area contributed by atoms with Gasteiger partial charge in [-0.25, -0.2) is 0 Å². The second-order valence-corrected chi connectivity index (χ2v) is 2.90. The van der Waals surface area contributed by atoms with Crippen LogP contribution in [0.5, 0.6) is 11.5 Å². The summed E-state index contributed by atoms with van der Waals surface area (Å²) < 4.78 is 0. The average Bonchev–Trinajstić information content (AvgIpc) is 2.13. The fraction of sp³-hybridized carbons (Fsp3) is 0.222. The minimum Gasteiger partial charge on any atom is -0.504 e. The van der Waals surface area contributed by atoms with Crippen molar-refractivity contribution >= 4 is 11.7 Å². The molecule has 0 saturated carbocycles. The van der Waals surface area contributed by atoms with E-state index in [9.17, 15) is 9.90 Å². The number of carboxylic acid groups (broad SMARTS) is 1. The van der Waals surface area contributed by atoms with E-state index in [2.05, 4.69) is 0 Å². The lowest BCUT2D eigenvalue weighted by Crippen LogP contribution is -2.00. The van der Waals surface area contributed by atoms with Crippen LogP contribution in [0.2, 0.25) is 0 Å². The molecular formula is C9H11NO4. The van der Waals surface area contributed by atoms with Gasteiger partial charge < -0.3 is 21.1 Å². The lowest BCUT2D eigenvalue weighted by molar-refractivity contribution is -0.136. The van der Waals surface area contributed by atoms with Gasteiger partial charge in [-0.3, -0.25) is 4.79 Å². The summed E-state index contributed by atoms with van der Waals surface area (Å²) in [7, 11) is 0. The summed E-state index contributed by atoms with van der Waals surface area (Å²) in [6.07, 6.45) is 0.170. The number of nitrogen functional groups attached to an aromatic ring is 1. The van der Waals surface area contributed by atoms with Crippen molar-refractivity contribution < 1.29 is 20.1 Å². The first-order valence-corrected chi connectivity index (χ1v) is 4.03. The fourth-order valence-electron chi connectivity index (χ4n) is 1.10. The lowest BCUT2D eigenvalue weighted by atomic mass is 10.1. The van der Waals surface area contributed by atoms with E-state index in [0.29, 0.717) is 5.56 Å². The molecule has 0 spiro atoms. The van der Waals surface area contributed by atoms with E-state index in [1.54, 1.807) is 0 Å². The molecule has 1 aromatic rings. The number of carboxylic acids is 1. The monoisotopic (exact) mass is 197 g/mol. The number of aryl methyl sites for hydroxylation is 1. The second kappa shape index (κ2) is 3.87. The number of phenols is 2. The molecule has 0 heterocycles. The van der Waals surface area contributed by atoms with Gasteiger partial charge in [0.1, 0.15) is 0 Å². The zero-order valence-corrected chi connectivity index (χ0v) is 7.40. The van der Waals surface area contributed by atoms with Gasteiger partial charge >= 0.3 is 5.97 Å². The zero-order valence-electron chi connectivity index (χ0n) is 7.40. The van der Waals surface area contributed by atoms with E-state index < -0.39 is 11.7 Å². The summed E-state index contributed by atoms with van der Waals surface area (Å²) in [6.45, 7) is 0. The van der Waals surface area contributed by atoms with Crippen molar-refractivity contribution in [1.29, 1.82) is 0 Å². The highest BCUT2D eigenvalue weighted by Gasteiger charge is 2.09. The number of carbonyl (C=O) groups is 1. The van der Waals surface area contributed by atoms with Crippen LogP contribution < -0.4 is 5.73 Å². The molecule has 76 valence electrons. The van der Waals surface area contributed by atoms with Crippen molar-refractivity contribution in [2.24, 2.45) is 0 Å². The van der Waals surface area contributed by atoms with Crippen LogP contribution in [0.4, 0.5) is 5.69 Å². The standard InChI is InChI=1S/C9H11NO4/c10-8-5(2-4-7(12)13)1-3-6(11)9(8)14/h1,3,11,14H,2,4,10H2,(H,12,13). The minimum atomic E-state index is -0.933. The Balaban J connectivity index is 2.88. The Labute approximate surface area is 80.4 Å². The van der Waals surface area contributed by atoms with E-state index in [-0.39, 0.29) is 24.3 Å². The van der Waals surface area contributed by atoms with Crippen LogP contribution in [0, 0.1) is 0 Å². The molecule has 0 amide bonds. The molecule has 0 bridgehead atoms. The number of benzene rings is 1. The predicted octanol–water partition coefficient (Wildman–Crippen LogP) is 0.697. The first kappa shape index (κ1) is 10.2. The van der Waals surface area contributed by atoms with Crippen LogP contribution in [0.15, 0.2) is 12.1 Å². The van der Waals surface area contributed by atoms with Crippen molar-refractivity contribution in [3.8, 4) is 11.5 Å². The number of hydrogen-bond donors (Lipinski definition) is 4. The maximum Gasteiger partial charge on any atom is 0.303 e. The summed E-state index contributed by atoms with van der Waals surface area (Å²) in [5.41, 5.74) is 6.02. The molecule has 0 aliphatic heterocycles. The minimum absolute atomic E-state index is 0.0336. The van der Waals surface area contributed by atoms with Crippen LogP contribution in [0.1, 0.15) is 12.0 Å². The van der Waals surface area contributed by atoms with E-state index in [0.717, 1.165) is 0 Å². The van der Waals surface area contributed by atoms with Gasteiger partial charge in [-0.2, -0.15) is 0 Å². The van der Waals surface area contributed by atoms with Gasteiger partial charge in [-0.05, 0) is 18.1 Å². The summed E-state index contributed by atoms with van der Waals surface area (Å²) in [5, 5.41) is 26.7. The molecule has 0 aromatic heterocycles. The van der Waals surface area contributed by atoms with Crippen molar-refractivity contribution in [2.45, 2.75) is 12.8 Å². The van der Waals surface area contributed by atoms with E-state index in [1.807, 2.05) is 0 Å². The number of hydrogen-bond acceptors (Lipinski definition) is 4. The highest BCUT2D eigenvalue weighted by molar-refractivity contribution is 5.69. The number of rotatable bonds is 3. The van der Waals surface area contributed by atoms with Crippen LogP contribution in [0.3, 0.4) is 0 Å². The van der Waals surface area contributed by atoms with Crippen LogP contribution in [0.25, 0.3) is 0 Å². The number of aliphatic carboxylic acids is 1. The molecule has 5 nitrogen and oxygen atoms in total. The van der Waals surface area contributed by atoms with Gasteiger partial charge in [0.05, 0.1) is 5.69 Å². The maximum atomic E-state index is 10.3.